The van der Waals surface area contributed by atoms with Gasteiger partial charge in [0.2, 0.25) is 0 Å². The Labute approximate surface area is 119 Å². The van der Waals surface area contributed by atoms with E-state index in [-0.39, 0.29) is 18.3 Å². The van der Waals surface area contributed by atoms with Crippen LogP contribution in [0.1, 0.15) is 26.2 Å². The van der Waals surface area contributed by atoms with Crippen LogP contribution in [0.5, 0.6) is 0 Å². The summed E-state index contributed by atoms with van der Waals surface area (Å²) < 4.78 is 23.9. The third-order valence-corrected chi connectivity index (χ3v) is 5.23. The second-order valence-corrected chi connectivity index (χ2v) is 7.17. The second kappa shape index (κ2) is 5.83. The fourth-order valence-corrected chi connectivity index (χ4v) is 3.52. The second-order valence-electron chi connectivity index (χ2n) is 5.07. The molecule has 1 N–H and O–H groups in total. The molecule has 0 unspecified atom stereocenters. The lowest BCUT2D eigenvalue weighted by molar-refractivity contribution is -0.135. The number of rotatable bonds is 7. The Morgan fingerprint density at radius 2 is 1.90 bits per heavy atom. The maximum atomic E-state index is 11.9. The summed E-state index contributed by atoms with van der Waals surface area (Å²) in [6.07, 6.45) is 2.56. The number of aliphatic carboxylic acids is 1. The predicted octanol–water partition coefficient (Wildman–Crippen LogP) is 1.92. The van der Waals surface area contributed by atoms with Gasteiger partial charge in [0.15, 0.2) is 9.84 Å². The smallest absolute Gasteiger partial charge is 0.323 e. The quantitative estimate of drug-likeness (QED) is 0.832. The van der Waals surface area contributed by atoms with Crippen molar-refractivity contribution in [3.8, 4) is 0 Å². The van der Waals surface area contributed by atoms with Crippen LogP contribution in [-0.4, -0.2) is 37.8 Å². The van der Waals surface area contributed by atoms with Gasteiger partial charge >= 0.3 is 5.97 Å². The molecule has 20 heavy (non-hydrogen) atoms. The highest BCUT2D eigenvalue weighted by Gasteiger charge is 2.30. The molecule has 1 aromatic rings. The van der Waals surface area contributed by atoms with Gasteiger partial charge in [0.1, 0.15) is 6.54 Å². The predicted molar refractivity (Wildman–Crippen MR) is 76.8 cm³/mol. The Hall–Kier alpha value is -1.56. The number of sulfone groups is 1. The molecule has 1 fully saturated rings. The van der Waals surface area contributed by atoms with Gasteiger partial charge < -0.3 is 10.0 Å². The number of hydrogen-bond acceptors (Lipinski definition) is 4. The number of carboxylic acid groups (broad SMARTS) is 1. The minimum absolute atomic E-state index is 0.0499. The van der Waals surface area contributed by atoms with Crippen molar-refractivity contribution in [1.82, 2.24) is 0 Å². The summed E-state index contributed by atoms with van der Waals surface area (Å²) in [7, 11) is -3.22. The summed E-state index contributed by atoms with van der Waals surface area (Å²) in [4.78, 5) is 13.0. The van der Waals surface area contributed by atoms with E-state index in [9.17, 15) is 13.2 Å². The molecule has 5 nitrogen and oxygen atoms in total. The molecule has 6 heteroatoms. The van der Waals surface area contributed by atoms with Gasteiger partial charge in [0.05, 0.1) is 10.6 Å². The average Bonchev–Trinajstić information content (AvgIpc) is 3.20. The largest absolute Gasteiger partial charge is 0.480 e. The van der Waals surface area contributed by atoms with Gasteiger partial charge in [-0.15, -0.1) is 0 Å². The summed E-state index contributed by atoms with van der Waals surface area (Å²) in [6.45, 7) is 1.78. The Kier molecular flexibility index (Phi) is 4.32. The first-order valence-corrected chi connectivity index (χ1v) is 8.40. The standard InChI is InChI=1S/C14H19NO4S/c1-2-9-20(18,19)13-7-5-12(6-8-13)15(10-14(16)17)11-3-4-11/h5-8,11H,2-4,9-10H2,1H3,(H,16,17). The molecular weight excluding hydrogens is 278 g/mol. The van der Waals surface area contributed by atoms with Gasteiger partial charge in [-0.1, -0.05) is 6.92 Å². The van der Waals surface area contributed by atoms with Gasteiger partial charge in [0.25, 0.3) is 0 Å². The van der Waals surface area contributed by atoms with Gasteiger partial charge in [-0.05, 0) is 43.5 Å². The van der Waals surface area contributed by atoms with Crippen LogP contribution in [0.15, 0.2) is 29.2 Å². The summed E-state index contributed by atoms with van der Waals surface area (Å²) in [5, 5.41) is 8.94. The van der Waals surface area contributed by atoms with Crippen molar-refractivity contribution >= 4 is 21.5 Å². The fraction of sp³-hybridized carbons (Fsp3) is 0.500. The van der Waals surface area contributed by atoms with E-state index >= 15 is 0 Å². The van der Waals surface area contributed by atoms with Crippen molar-refractivity contribution < 1.29 is 18.3 Å². The number of carboxylic acids is 1. The third-order valence-electron chi connectivity index (χ3n) is 3.29. The molecule has 1 aliphatic rings. The first-order valence-electron chi connectivity index (χ1n) is 6.75. The summed E-state index contributed by atoms with van der Waals surface area (Å²) in [5.74, 6) is -0.743. The number of anilines is 1. The van der Waals surface area contributed by atoms with E-state index in [0.29, 0.717) is 11.3 Å². The molecule has 0 aliphatic heterocycles. The van der Waals surface area contributed by atoms with Crippen molar-refractivity contribution in [2.45, 2.75) is 37.1 Å². The van der Waals surface area contributed by atoms with E-state index in [4.69, 9.17) is 5.11 Å². The summed E-state index contributed by atoms with van der Waals surface area (Å²) in [5.41, 5.74) is 0.769. The number of carbonyl (C=O) groups is 1. The Morgan fingerprint density at radius 1 is 1.30 bits per heavy atom. The minimum atomic E-state index is -3.22. The lowest BCUT2D eigenvalue weighted by Crippen LogP contribution is -2.31. The van der Waals surface area contributed by atoms with E-state index in [1.807, 2.05) is 11.8 Å². The van der Waals surface area contributed by atoms with Crippen molar-refractivity contribution in [1.29, 1.82) is 0 Å². The zero-order valence-corrected chi connectivity index (χ0v) is 12.3. The highest BCUT2D eigenvalue weighted by molar-refractivity contribution is 7.91. The molecule has 1 aliphatic carbocycles. The average molecular weight is 297 g/mol. The SMILES string of the molecule is CCCS(=O)(=O)c1ccc(N(CC(=O)O)C2CC2)cc1. The number of benzene rings is 1. The Bertz CT molecular complexity index is 576. The van der Waals surface area contributed by atoms with Crippen molar-refractivity contribution in [3.63, 3.8) is 0 Å². The molecule has 0 atom stereocenters. The van der Waals surface area contributed by atoms with Gasteiger partial charge in [-0.25, -0.2) is 8.42 Å². The molecular formula is C14H19NO4S. The Morgan fingerprint density at radius 3 is 2.35 bits per heavy atom. The van der Waals surface area contributed by atoms with E-state index in [2.05, 4.69) is 0 Å². The van der Waals surface area contributed by atoms with E-state index in [1.54, 1.807) is 24.3 Å². The lowest BCUT2D eigenvalue weighted by Gasteiger charge is -2.22. The van der Waals surface area contributed by atoms with Gasteiger partial charge in [0, 0.05) is 11.7 Å². The minimum Gasteiger partial charge on any atom is -0.480 e. The van der Waals surface area contributed by atoms with Crippen LogP contribution < -0.4 is 4.90 Å². The first-order chi connectivity index (χ1) is 9.44. The van der Waals surface area contributed by atoms with Crippen LogP contribution in [0.25, 0.3) is 0 Å². The lowest BCUT2D eigenvalue weighted by atomic mass is 10.3. The maximum Gasteiger partial charge on any atom is 0.323 e. The molecule has 0 aromatic heterocycles. The maximum absolute atomic E-state index is 11.9. The van der Waals surface area contributed by atoms with E-state index in [1.165, 1.54) is 0 Å². The van der Waals surface area contributed by atoms with Crippen molar-refractivity contribution in [2.24, 2.45) is 0 Å². The zero-order chi connectivity index (χ0) is 14.8. The first kappa shape index (κ1) is 14.8. The molecule has 0 radical (unpaired) electrons. The zero-order valence-electron chi connectivity index (χ0n) is 11.4. The molecule has 0 saturated heterocycles. The molecule has 0 heterocycles. The molecule has 1 aromatic carbocycles. The Balaban J connectivity index is 2.20. The summed E-state index contributed by atoms with van der Waals surface area (Å²) >= 11 is 0. The van der Waals surface area contributed by atoms with Crippen molar-refractivity contribution in [3.05, 3.63) is 24.3 Å². The monoisotopic (exact) mass is 297 g/mol. The summed E-state index contributed by atoms with van der Waals surface area (Å²) in [6, 6.07) is 6.80. The van der Waals surface area contributed by atoms with E-state index < -0.39 is 15.8 Å². The van der Waals surface area contributed by atoms with Crippen LogP contribution in [0.2, 0.25) is 0 Å². The third kappa shape index (κ3) is 3.50. The van der Waals surface area contributed by atoms with Crippen LogP contribution >= 0.6 is 0 Å². The topological polar surface area (TPSA) is 74.7 Å². The molecule has 0 bridgehead atoms. The number of hydrogen-bond donors (Lipinski definition) is 1. The molecule has 1 saturated carbocycles. The van der Waals surface area contributed by atoms with Gasteiger partial charge in [-0.3, -0.25) is 4.79 Å². The van der Waals surface area contributed by atoms with Crippen molar-refractivity contribution in [2.75, 3.05) is 17.2 Å². The molecule has 0 amide bonds. The van der Waals surface area contributed by atoms with Crippen LogP contribution in [0.3, 0.4) is 0 Å². The molecule has 2 rings (SSSR count). The van der Waals surface area contributed by atoms with E-state index in [0.717, 1.165) is 18.5 Å². The molecule has 0 spiro atoms. The van der Waals surface area contributed by atoms with Gasteiger partial charge in [-0.2, -0.15) is 0 Å². The normalized spacial score (nSPS) is 15.1. The number of nitrogens with zero attached hydrogens (tertiary/aromatic N) is 1. The molecule has 110 valence electrons. The van der Waals surface area contributed by atoms with Crippen LogP contribution in [-0.2, 0) is 14.6 Å². The van der Waals surface area contributed by atoms with Crippen LogP contribution in [0.4, 0.5) is 5.69 Å². The fourth-order valence-electron chi connectivity index (χ4n) is 2.19. The highest BCUT2D eigenvalue weighted by atomic mass is 32.2. The highest BCUT2D eigenvalue weighted by Crippen LogP contribution is 2.32. The van der Waals surface area contributed by atoms with Crippen LogP contribution in [0, 0.1) is 0 Å².